The molecule has 4 saturated carbocycles. The van der Waals surface area contributed by atoms with Crippen LogP contribution >= 0.6 is 0 Å². The van der Waals surface area contributed by atoms with Crippen molar-refractivity contribution in [2.24, 2.45) is 23.7 Å². The van der Waals surface area contributed by atoms with Crippen molar-refractivity contribution >= 4 is 11.9 Å². The first-order valence-electron chi connectivity index (χ1n) is 14.8. The number of methoxy groups -OCH3 is 4. The van der Waals surface area contributed by atoms with Gasteiger partial charge in [-0.2, -0.15) is 0 Å². The normalized spacial score (nSPS) is 55.6. The number of nitrogens with zero attached hydrogens (tertiary/aromatic N) is 1. The third-order valence-corrected chi connectivity index (χ3v) is 22.2. The summed E-state index contributed by atoms with van der Waals surface area (Å²) in [6.45, 7) is 7.35. The maximum atomic E-state index is 13.4. The summed E-state index contributed by atoms with van der Waals surface area (Å²) >= 11 is -1.51. The molecule has 4 aliphatic carbocycles. The summed E-state index contributed by atoms with van der Waals surface area (Å²) in [6.07, 6.45) is -1.36. The van der Waals surface area contributed by atoms with E-state index in [-0.39, 0.29) is 23.7 Å². The molecule has 2 N–H and O–H groups in total. The summed E-state index contributed by atoms with van der Waals surface area (Å²) < 4.78 is 39.8. The van der Waals surface area contributed by atoms with Gasteiger partial charge >= 0.3 is 270 Å². The van der Waals surface area contributed by atoms with Crippen LogP contribution in [0.2, 0.25) is 0 Å². The number of halogens is 2. The standard InChI is InChI=1S/C29H45I2NO10/c1-9-25(40-8)11-18(41-15(3)33)26(12-37-5)21-20(38-6)22-28(36)19-14(2)27(35,23(39-7)24(28)42-16(4)34)10-17(19)29(21,25)31-32(22)13-30-26/h14,17-24,35-36H,9-13H2,1-8H3/q-2/t14?,17?,18-,19+,20-,21-,22?,23+,24+,25-,26-,27-,28?,29?/m1/s1. The van der Waals surface area contributed by atoms with Gasteiger partial charge in [0.15, 0.2) is 0 Å². The van der Waals surface area contributed by atoms with Crippen molar-refractivity contribution in [3.05, 3.63) is 0 Å². The van der Waals surface area contributed by atoms with E-state index >= 15 is 0 Å². The second-order valence-corrected chi connectivity index (χ2v) is 20.0. The van der Waals surface area contributed by atoms with Gasteiger partial charge in [-0.3, -0.25) is 0 Å². The number of rotatable bonds is 8. The summed E-state index contributed by atoms with van der Waals surface area (Å²) in [5, 5.41) is 26.0. The van der Waals surface area contributed by atoms with Gasteiger partial charge in [-0.05, 0) is 0 Å². The van der Waals surface area contributed by atoms with Gasteiger partial charge in [0, 0.05) is 0 Å². The number of hydrogen-bond acceptors (Lipinski definition) is 11. The van der Waals surface area contributed by atoms with Crippen LogP contribution < -0.4 is 42.7 Å². The molecule has 42 heavy (non-hydrogen) atoms. The summed E-state index contributed by atoms with van der Waals surface area (Å²) in [5.41, 5.74) is -3.59. The van der Waals surface area contributed by atoms with Gasteiger partial charge < -0.3 is 0 Å². The van der Waals surface area contributed by atoms with Gasteiger partial charge in [-0.15, -0.1) is 0 Å². The Kier molecular flexibility index (Phi) is 8.07. The Morgan fingerprint density at radius 1 is 1.00 bits per heavy atom. The molecule has 4 saturated heterocycles. The molecule has 7 bridgehead atoms. The minimum atomic E-state index is -1.56. The van der Waals surface area contributed by atoms with E-state index in [4.69, 9.17) is 28.4 Å². The van der Waals surface area contributed by atoms with E-state index in [0.29, 0.717) is 25.9 Å². The van der Waals surface area contributed by atoms with Crippen molar-refractivity contribution in [2.75, 3.05) is 39.6 Å². The van der Waals surface area contributed by atoms with Crippen LogP contribution in [0, 0.1) is 23.7 Å². The molecule has 0 radical (unpaired) electrons. The summed E-state index contributed by atoms with van der Waals surface area (Å²) in [5.74, 6) is -1.95. The van der Waals surface area contributed by atoms with Crippen LogP contribution in [0.1, 0.15) is 47.0 Å². The van der Waals surface area contributed by atoms with Crippen LogP contribution in [0.25, 0.3) is 0 Å². The second kappa shape index (κ2) is 10.6. The van der Waals surface area contributed by atoms with Crippen LogP contribution in [0.4, 0.5) is 0 Å². The topological polar surface area (TPSA) is 133 Å². The number of ether oxygens (including phenoxy) is 6. The molecule has 0 aromatic carbocycles. The summed E-state index contributed by atoms with van der Waals surface area (Å²) in [6, 6.07) is -0.503. The maximum absolute atomic E-state index is 13.4. The first-order valence-corrected chi connectivity index (χ1v) is 19.4. The average molecular weight is 821 g/mol. The molecule has 15 atom stereocenters. The van der Waals surface area contributed by atoms with Crippen molar-refractivity contribution < 1.29 is 90.9 Å². The molecule has 0 aromatic rings. The monoisotopic (exact) mass is 821 g/mol. The SMILES string of the molecule is CC[C@@]1(OC)C[C@@H](OC(C)=O)[C@@]2(COC)[I-]CN3[I-]C14C1C[C@@]5(O)C(C)[C@@H]1C(O)(C3[C@H](OC)[C@@H]42)[C@@H](OC(C)=O)[C@@H]5OC. The number of hydrogen-bond donors (Lipinski definition) is 2. The molecule has 6 unspecified atom stereocenters. The fourth-order valence-corrected chi connectivity index (χ4v) is 22.7. The zero-order chi connectivity index (χ0) is 30.6. The van der Waals surface area contributed by atoms with Gasteiger partial charge in [-0.25, -0.2) is 0 Å². The summed E-state index contributed by atoms with van der Waals surface area (Å²) in [4.78, 5) is 25.3. The predicted molar refractivity (Wildman–Crippen MR) is 139 cm³/mol. The summed E-state index contributed by atoms with van der Waals surface area (Å²) in [7, 11) is 6.68. The van der Waals surface area contributed by atoms with E-state index in [1.807, 2.05) is 6.92 Å². The minimum absolute atomic E-state index is 0.162. The fraction of sp³-hybridized carbons (Fsp3) is 0.931. The number of esters is 2. The molecular weight excluding hydrogens is 776 g/mol. The zero-order valence-electron chi connectivity index (χ0n) is 25.6. The number of aliphatic hydroxyl groups is 2. The third kappa shape index (κ3) is 3.63. The van der Waals surface area contributed by atoms with Crippen LogP contribution in [-0.2, 0) is 38.0 Å². The third-order valence-electron chi connectivity index (χ3n) is 11.9. The Bertz CT molecular complexity index is 1130. The fourth-order valence-electron chi connectivity index (χ4n) is 10.6. The molecule has 0 aromatic heterocycles. The van der Waals surface area contributed by atoms with Gasteiger partial charge in [0.1, 0.15) is 0 Å². The molecule has 1 spiro atoms. The van der Waals surface area contributed by atoms with E-state index in [1.165, 1.54) is 21.0 Å². The van der Waals surface area contributed by atoms with Gasteiger partial charge in [0.2, 0.25) is 0 Å². The second-order valence-electron chi connectivity index (χ2n) is 13.0. The zero-order valence-corrected chi connectivity index (χ0v) is 29.9. The van der Waals surface area contributed by atoms with Crippen molar-refractivity contribution in [2.45, 2.75) is 101 Å². The molecule has 11 nitrogen and oxygen atoms in total. The van der Waals surface area contributed by atoms with Crippen molar-refractivity contribution in [1.82, 2.24) is 3.11 Å². The Hall–Kier alpha value is 0.120. The first-order chi connectivity index (χ1) is 19.8. The van der Waals surface area contributed by atoms with Gasteiger partial charge in [-0.1, -0.05) is 0 Å². The Morgan fingerprint density at radius 2 is 1.69 bits per heavy atom. The first kappa shape index (κ1) is 32.1. The Balaban J connectivity index is 1.71. The molecule has 13 heteroatoms. The van der Waals surface area contributed by atoms with Crippen molar-refractivity contribution in [3.8, 4) is 0 Å². The van der Waals surface area contributed by atoms with Gasteiger partial charge in [0.25, 0.3) is 0 Å². The van der Waals surface area contributed by atoms with E-state index in [2.05, 4.69) is 10.0 Å². The Morgan fingerprint density at radius 3 is 2.24 bits per heavy atom. The quantitative estimate of drug-likeness (QED) is 0.0800. The molecular formula is C29H45I2NO10-2. The van der Waals surface area contributed by atoms with Gasteiger partial charge in [0.05, 0.1) is 0 Å². The molecule has 4 aliphatic heterocycles. The molecule has 0 amide bonds. The van der Waals surface area contributed by atoms with Crippen LogP contribution in [-0.4, -0.2) is 119 Å². The number of carbonyl (C=O) groups is 2. The van der Waals surface area contributed by atoms with E-state index < -0.39 is 109 Å². The molecule has 8 rings (SSSR count). The number of alkyl halides is 3. The molecule has 242 valence electrons. The van der Waals surface area contributed by atoms with E-state index in [1.54, 1.807) is 21.3 Å². The van der Waals surface area contributed by atoms with Crippen molar-refractivity contribution in [1.29, 1.82) is 0 Å². The van der Waals surface area contributed by atoms with E-state index in [0.717, 1.165) is 4.55 Å². The number of fused-ring (bicyclic) bond motifs is 2. The van der Waals surface area contributed by atoms with Crippen LogP contribution in [0.15, 0.2) is 0 Å². The Labute approximate surface area is 268 Å². The predicted octanol–water partition coefficient (Wildman–Crippen LogP) is -5.67. The molecule has 8 fully saturated rings. The average Bonchev–Trinajstić information content (AvgIpc) is 3.06. The van der Waals surface area contributed by atoms with Crippen molar-refractivity contribution in [3.63, 3.8) is 0 Å². The molecule has 8 aliphatic rings. The van der Waals surface area contributed by atoms with Crippen LogP contribution in [0.5, 0.6) is 0 Å². The van der Waals surface area contributed by atoms with Crippen LogP contribution in [0.3, 0.4) is 0 Å². The molecule has 4 heterocycles. The number of carbonyl (C=O) groups excluding carboxylic acids is 2. The van der Waals surface area contributed by atoms with E-state index in [9.17, 15) is 19.8 Å².